The molecule has 1 aliphatic rings. The summed E-state index contributed by atoms with van der Waals surface area (Å²) in [6, 6.07) is 12.4. The summed E-state index contributed by atoms with van der Waals surface area (Å²) in [6.45, 7) is -0.0117. The molecule has 1 aromatic heterocycles. The van der Waals surface area contributed by atoms with Gasteiger partial charge in [-0.15, -0.1) is 0 Å². The third kappa shape index (κ3) is 3.61. The van der Waals surface area contributed by atoms with Crippen LogP contribution in [0.1, 0.15) is 0 Å². The van der Waals surface area contributed by atoms with Gasteiger partial charge in [0.2, 0.25) is 6.10 Å². The van der Waals surface area contributed by atoms with Crippen molar-refractivity contribution < 1.29 is 23.8 Å². The molecule has 0 bridgehead atoms. The van der Waals surface area contributed by atoms with Gasteiger partial charge in [0.05, 0.1) is 17.3 Å². The van der Waals surface area contributed by atoms with E-state index in [4.69, 9.17) is 25.8 Å². The number of ether oxygens (including phenoxy) is 3. The Balaban J connectivity index is 1.71. The topological polar surface area (TPSA) is 79.1 Å². The number of halogens is 1. The van der Waals surface area contributed by atoms with Crippen LogP contribution in [-0.2, 0) is 20.9 Å². The maximum absolute atomic E-state index is 12.7. The highest BCUT2D eigenvalue weighted by molar-refractivity contribution is 7.16. The Kier molecular flexibility index (Phi) is 5.06. The molecule has 7 nitrogen and oxygen atoms in total. The summed E-state index contributed by atoms with van der Waals surface area (Å²) in [5.41, 5.74) is 0.734. The summed E-state index contributed by atoms with van der Waals surface area (Å²) in [5, 5.41) is 0.553. The first kappa shape index (κ1) is 18.5. The Morgan fingerprint density at radius 3 is 2.86 bits per heavy atom. The van der Waals surface area contributed by atoms with Gasteiger partial charge < -0.3 is 18.8 Å². The number of fused-ring (bicyclic) bond motifs is 2. The van der Waals surface area contributed by atoms with E-state index >= 15 is 0 Å². The first-order chi connectivity index (χ1) is 13.5. The molecule has 28 heavy (non-hydrogen) atoms. The molecule has 0 aliphatic carbocycles. The number of carbonyl (C=O) groups excluding carboxylic acids is 2. The second-order valence-electron chi connectivity index (χ2n) is 5.97. The van der Waals surface area contributed by atoms with E-state index in [1.165, 1.54) is 18.4 Å². The third-order valence-electron chi connectivity index (χ3n) is 4.15. The fourth-order valence-corrected chi connectivity index (χ4v) is 4.10. The number of benzene rings is 2. The largest absolute Gasteiger partial charge is 0.485 e. The van der Waals surface area contributed by atoms with Gasteiger partial charge in [-0.05, 0) is 30.3 Å². The minimum atomic E-state index is -0.865. The highest BCUT2D eigenvalue weighted by Crippen LogP contribution is 2.31. The molecule has 3 aromatic rings. The Morgan fingerprint density at radius 1 is 1.29 bits per heavy atom. The monoisotopic (exact) mass is 418 g/mol. The molecule has 1 amide bonds. The standard InChI is InChI=1S/C19H15ClN2O5S/c1-25-17(23)9-22-12-7-6-11(20)8-16(12)28-19(22)21-18(24)15-10-26-13-4-2-3-5-14(13)27-15/h2-8,15H,9-10H2,1H3. The SMILES string of the molecule is COC(=O)Cn1c(=NC(=O)C2COc3ccccc3O2)sc2cc(Cl)ccc21. The summed E-state index contributed by atoms with van der Waals surface area (Å²) >= 11 is 7.32. The minimum Gasteiger partial charge on any atom is -0.485 e. The Morgan fingerprint density at radius 2 is 2.07 bits per heavy atom. The molecule has 9 heteroatoms. The lowest BCUT2D eigenvalue weighted by Crippen LogP contribution is -2.37. The molecule has 0 radical (unpaired) electrons. The van der Waals surface area contributed by atoms with E-state index in [0.717, 1.165) is 10.2 Å². The zero-order valence-corrected chi connectivity index (χ0v) is 16.3. The molecule has 1 atom stereocenters. The number of rotatable bonds is 3. The number of carbonyl (C=O) groups is 2. The molecule has 1 unspecified atom stereocenters. The number of thiazole rings is 1. The van der Waals surface area contributed by atoms with Gasteiger partial charge in [-0.25, -0.2) is 0 Å². The predicted octanol–water partition coefficient (Wildman–Crippen LogP) is 2.80. The average Bonchev–Trinajstić information content (AvgIpc) is 3.03. The van der Waals surface area contributed by atoms with Crippen molar-refractivity contribution in [2.24, 2.45) is 4.99 Å². The van der Waals surface area contributed by atoms with E-state index in [2.05, 4.69) is 4.99 Å². The predicted molar refractivity (Wildman–Crippen MR) is 104 cm³/mol. The van der Waals surface area contributed by atoms with Crippen LogP contribution in [0.15, 0.2) is 47.5 Å². The lowest BCUT2D eigenvalue weighted by atomic mass is 10.2. The van der Waals surface area contributed by atoms with E-state index in [1.807, 2.05) is 6.07 Å². The molecule has 2 aromatic carbocycles. The van der Waals surface area contributed by atoms with E-state index < -0.39 is 18.0 Å². The fraction of sp³-hybridized carbons (Fsp3) is 0.211. The zero-order valence-electron chi connectivity index (χ0n) is 14.8. The molecule has 1 aliphatic heterocycles. The van der Waals surface area contributed by atoms with Crippen molar-refractivity contribution in [1.82, 2.24) is 4.57 Å². The van der Waals surface area contributed by atoms with Crippen LogP contribution in [-0.4, -0.2) is 36.3 Å². The number of para-hydroxylation sites is 2. The van der Waals surface area contributed by atoms with Crippen LogP contribution >= 0.6 is 22.9 Å². The molecular formula is C19H15ClN2O5S. The maximum atomic E-state index is 12.7. The van der Waals surface area contributed by atoms with E-state index in [-0.39, 0.29) is 13.2 Å². The lowest BCUT2D eigenvalue weighted by Gasteiger charge is -2.23. The summed E-state index contributed by atoms with van der Waals surface area (Å²) in [6.07, 6.45) is -0.865. The van der Waals surface area contributed by atoms with Crippen LogP contribution in [0, 0.1) is 0 Å². The molecule has 0 spiro atoms. The molecule has 144 valence electrons. The van der Waals surface area contributed by atoms with Crippen molar-refractivity contribution in [2.45, 2.75) is 12.6 Å². The number of hydrogen-bond acceptors (Lipinski definition) is 6. The summed E-state index contributed by atoms with van der Waals surface area (Å²) < 4.78 is 18.5. The zero-order chi connectivity index (χ0) is 19.7. The second-order valence-corrected chi connectivity index (χ2v) is 7.42. The molecule has 0 N–H and O–H groups in total. The first-order valence-electron chi connectivity index (χ1n) is 8.38. The highest BCUT2D eigenvalue weighted by atomic mass is 35.5. The van der Waals surface area contributed by atoms with Crippen molar-refractivity contribution >= 4 is 45.0 Å². The molecule has 2 heterocycles. The lowest BCUT2D eigenvalue weighted by molar-refractivity contribution is -0.141. The van der Waals surface area contributed by atoms with Gasteiger partial charge in [0.15, 0.2) is 16.3 Å². The normalized spacial score (nSPS) is 16.2. The minimum absolute atomic E-state index is 0.0626. The number of methoxy groups -OCH3 is 1. The molecular weight excluding hydrogens is 404 g/mol. The van der Waals surface area contributed by atoms with Crippen LogP contribution in [0.5, 0.6) is 11.5 Å². The Labute approximate surface area is 168 Å². The molecule has 0 saturated heterocycles. The van der Waals surface area contributed by atoms with Gasteiger partial charge in [0.25, 0.3) is 5.91 Å². The quantitative estimate of drug-likeness (QED) is 0.611. The summed E-state index contributed by atoms with van der Waals surface area (Å²) in [4.78, 5) is 29.1. The van der Waals surface area contributed by atoms with Crippen molar-refractivity contribution in [2.75, 3.05) is 13.7 Å². The number of nitrogens with zero attached hydrogens (tertiary/aromatic N) is 2. The van der Waals surface area contributed by atoms with Crippen molar-refractivity contribution in [3.63, 3.8) is 0 Å². The van der Waals surface area contributed by atoms with E-state index in [9.17, 15) is 9.59 Å². The van der Waals surface area contributed by atoms with Crippen LogP contribution in [0.4, 0.5) is 0 Å². The number of aromatic nitrogens is 1. The van der Waals surface area contributed by atoms with Crippen LogP contribution in [0.25, 0.3) is 10.2 Å². The van der Waals surface area contributed by atoms with Crippen molar-refractivity contribution in [3.05, 3.63) is 52.3 Å². The smallest absolute Gasteiger partial charge is 0.325 e. The first-order valence-corrected chi connectivity index (χ1v) is 9.57. The fourth-order valence-electron chi connectivity index (χ4n) is 2.79. The number of esters is 1. The van der Waals surface area contributed by atoms with Gasteiger partial charge in [0, 0.05) is 5.02 Å². The average molecular weight is 419 g/mol. The third-order valence-corrected chi connectivity index (χ3v) is 5.43. The molecule has 0 fully saturated rings. The summed E-state index contributed by atoms with van der Waals surface area (Å²) in [5.74, 6) is 0.136. The highest BCUT2D eigenvalue weighted by Gasteiger charge is 2.27. The number of hydrogen-bond donors (Lipinski definition) is 0. The molecule has 4 rings (SSSR count). The van der Waals surface area contributed by atoms with Crippen LogP contribution in [0.2, 0.25) is 5.02 Å². The second kappa shape index (κ2) is 7.65. The Hall–Kier alpha value is -2.84. The van der Waals surface area contributed by atoms with E-state index in [0.29, 0.717) is 21.3 Å². The van der Waals surface area contributed by atoms with Gasteiger partial charge in [-0.2, -0.15) is 4.99 Å². The van der Waals surface area contributed by atoms with Crippen LogP contribution < -0.4 is 14.3 Å². The Bertz CT molecular complexity index is 1140. The molecule has 0 saturated carbocycles. The van der Waals surface area contributed by atoms with Crippen LogP contribution in [0.3, 0.4) is 0 Å². The van der Waals surface area contributed by atoms with Crippen molar-refractivity contribution in [3.8, 4) is 11.5 Å². The van der Waals surface area contributed by atoms with Gasteiger partial charge in [-0.1, -0.05) is 35.1 Å². The van der Waals surface area contributed by atoms with Gasteiger partial charge in [0.1, 0.15) is 13.2 Å². The number of amides is 1. The van der Waals surface area contributed by atoms with Gasteiger partial charge in [-0.3, -0.25) is 9.59 Å². The van der Waals surface area contributed by atoms with Crippen molar-refractivity contribution in [1.29, 1.82) is 0 Å². The summed E-state index contributed by atoms with van der Waals surface area (Å²) in [7, 11) is 1.31. The van der Waals surface area contributed by atoms with Gasteiger partial charge >= 0.3 is 5.97 Å². The van der Waals surface area contributed by atoms with E-state index in [1.54, 1.807) is 41.0 Å². The maximum Gasteiger partial charge on any atom is 0.325 e.